The summed E-state index contributed by atoms with van der Waals surface area (Å²) in [4.78, 5) is 16.7. The lowest BCUT2D eigenvalue weighted by Crippen LogP contribution is -2.13. The van der Waals surface area contributed by atoms with Crippen LogP contribution in [0.5, 0.6) is 0 Å². The van der Waals surface area contributed by atoms with Crippen LogP contribution in [-0.4, -0.2) is 21.7 Å². The molecule has 0 atom stereocenters. The number of hydrogen-bond donors (Lipinski definition) is 1. The first-order chi connectivity index (χ1) is 11.6. The van der Waals surface area contributed by atoms with Gasteiger partial charge in [0.25, 0.3) is 5.91 Å². The highest BCUT2D eigenvalue weighted by Gasteiger charge is 2.11. The standard InChI is InChI=1S/C18H16FN3OS/c1-12-6-7-14(19)11-16(12)21-17(23)13-4-3-5-15(10-13)22-9-8-20-18(22)24-2/h3-11H,1-2H3,(H,21,23). The maximum absolute atomic E-state index is 13.4. The fraction of sp³-hybridized carbons (Fsp3) is 0.111. The molecule has 1 amide bonds. The van der Waals surface area contributed by atoms with Crippen molar-refractivity contribution in [2.24, 2.45) is 0 Å². The first-order valence-corrected chi connectivity index (χ1v) is 8.56. The maximum Gasteiger partial charge on any atom is 0.255 e. The number of benzene rings is 2. The van der Waals surface area contributed by atoms with E-state index >= 15 is 0 Å². The molecular weight excluding hydrogens is 325 g/mol. The molecule has 0 spiro atoms. The Kier molecular flexibility index (Phi) is 4.66. The zero-order valence-electron chi connectivity index (χ0n) is 13.3. The molecule has 3 aromatic rings. The Morgan fingerprint density at radius 1 is 1.25 bits per heavy atom. The number of nitrogens with one attached hydrogen (secondary N) is 1. The van der Waals surface area contributed by atoms with Crippen LogP contribution in [0.2, 0.25) is 0 Å². The number of amides is 1. The van der Waals surface area contributed by atoms with E-state index in [1.165, 1.54) is 23.9 Å². The number of carbonyl (C=O) groups is 1. The third-order valence-electron chi connectivity index (χ3n) is 3.62. The molecule has 24 heavy (non-hydrogen) atoms. The number of imidazole rings is 1. The summed E-state index contributed by atoms with van der Waals surface area (Å²) in [6, 6.07) is 11.6. The van der Waals surface area contributed by atoms with Gasteiger partial charge in [0.15, 0.2) is 5.16 Å². The second-order valence-corrected chi connectivity index (χ2v) is 6.02. The summed E-state index contributed by atoms with van der Waals surface area (Å²) in [5.41, 5.74) is 2.62. The molecular formula is C18H16FN3OS. The van der Waals surface area contributed by atoms with Crippen LogP contribution in [-0.2, 0) is 0 Å². The van der Waals surface area contributed by atoms with Gasteiger partial charge in [-0.1, -0.05) is 23.9 Å². The molecule has 0 aliphatic rings. The van der Waals surface area contributed by atoms with Crippen LogP contribution in [0.3, 0.4) is 0 Å². The molecule has 6 heteroatoms. The van der Waals surface area contributed by atoms with Crippen molar-refractivity contribution < 1.29 is 9.18 Å². The smallest absolute Gasteiger partial charge is 0.255 e. The van der Waals surface area contributed by atoms with E-state index in [0.29, 0.717) is 11.3 Å². The third-order valence-corrected chi connectivity index (χ3v) is 4.29. The molecule has 1 heterocycles. The summed E-state index contributed by atoms with van der Waals surface area (Å²) in [5, 5.41) is 3.60. The van der Waals surface area contributed by atoms with Crippen molar-refractivity contribution in [3.63, 3.8) is 0 Å². The van der Waals surface area contributed by atoms with E-state index in [9.17, 15) is 9.18 Å². The molecule has 4 nitrogen and oxygen atoms in total. The van der Waals surface area contributed by atoms with Gasteiger partial charge in [-0.3, -0.25) is 9.36 Å². The minimum Gasteiger partial charge on any atom is -0.322 e. The summed E-state index contributed by atoms with van der Waals surface area (Å²) >= 11 is 1.53. The molecule has 0 saturated heterocycles. The van der Waals surface area contributed by atoms with Gasteiger partial charge in [-0.2, -0.15) is 0 Å². The fourth-order valence-electron chi connectivity index (χ4n) is 2.36. The van der Waals surface area contributed by atoms with E-state index < -0.39 is 0 Å². The molecule has 0 fully saturated rings. The van der Waals surface area contributed by atoms with E-state index in [0.717, 1.165) is 16.4 Å². The van der Waals surface area contributed by atoms with E-state index in [1.807, 2.05) is 36.1 Å². The normalized spacial score (nSPS) is 10.6. The predicted molar refractivity (Wildman–Crippen MR) is 94.4 cm³/mol. The molecule has 0 unspecified atom stereocenters. The van der Waals surface area contributed by atoms with Gasteiger partial charge in [0.1, 0.15) is 5.82 Å². The van der Waals surface area contributed by atoms with Gasteiger partial charge in [-0.15, -0.1) is 0 Å². The van der Waals surface area contributed by atoms with E-state index in [-0.39, 0.29) is 11.7 Å². The lowest BCUT2D eigenvalue weighted by atomic mass is 10.1. The van der Waals surface area contributed by atoms with Crippen molar-refractivity contribution in [1.82, 2.24) is 9.55 Å². The van der Waals surface area contributed by atoms with Gasteiger partial charge in [-0.05, 0) is 49.1 Å². The second-order valence-electron chi connectivity index (χ2n) is 5.25. The van der Waals surface area contributed by atoms with Crippen molar-refractivity contribution in [1.29, 1.82) is 0 Å². The third kappa shape index (κ3) is 3.33. The van der Waals surface area contributed by atoms with E-state index in [1.54, 1.807) is 24.4 Å². The van der Waals surface area contributed by atoms with Crippen molar-refractivity contribution in [3.05, 3.63) is 71.8 Å². The predicted octanol–water partition coefficient (Wildman–Crippen LogP) is 4.29. The molecule has 1 aromatic heterocycles. The SMILES string of the molecule is CSc1nccn1-c1cccc(C(=O)Nc2cc(F)ccc2C)c1. The van der Waals surface area contributed by atoms with E-state index in [2.05, 4.69) is 10.3 Å². The largest absolute Gasteiger partial charge is 0.322 e. The van der Waals surface area contributed by atoms with Crippen LogP contribution in [0.15, 0.2) is 60.0 Å². The number of aromatic nitrogens is 2. The Morgan fingerprint density at radius 2 is 2.08 bits per heavy atom. The van der Waals surface area contributed by atoms with Crippen LogP contribution in [0.1, 0.15) is 15.9 Å². The zero-order valence-corrected chi connectivity index (χ0v) is 14.1. The molecule has 3 rings (SSSR count). The van der Waals surface area contributed by atoms with E-state index in [4.69, 9.17) is 0 Å². The van der Waals surface area contributed by atoms with Gasteiger partial charge in [0, 0.05) is 29.3 Å². The minimum absolute atomic E-state index is 0.281. The van der Waals surface area contributed by atoms with Crippen molar-refractivity contribution in [2.45, 2.75) is 12.1 Å². The molecule has 2 aromatic carbocycles. The van der Waals surface area contributed by atoms with Crippen LogP contribution < -0.4 is 5.32 Å². The molecule has 0 aliphatic carbocycles. The highest BCUT2D eigenvalue weighted by molar-refractivity contribution is 7.98. The van der Waals surface area contributed by atoms with Crippen LogP contribution >= 0.6 is 11.8 Å². The average molecular weight is 341 g/mol. The van der Waals surface area contributed by atoms with Gasteiger partial charge in [0.05, 0.1) is 0 Å². The highest BCUT2D eigenvalue weighted by atomic mass is 32.2. The topological polar surface area (TPSA) is 46.9 Å². The Hall–Kier alpha value is -2.60. The maximum atomic E-state index is 13.4. The van der Waals surface area contributed by atoms with Crippen molar-refractivity contribution in [3.8, 4) is 5.69 Å². The number of halogens is 1. The molecule has 1 N–H and O–H groups in total. The number of nitrogens with zero attached hydrogens (tertiary/aromatic N) is 2. The quantitative estimate of drug-likeness (QED) is 0.720. The summed E-state index contributed by atoms with van der Waals surface area (Å²) in [6.45, 7) is 1.82. The zero-order chi connectivity index (χ0) is 17.1. The Morgan fingerprint density at radius 3 is 2.88 bits per heavy atom. The van der Waals surface area contributed by atoms with Crippen LogP contribution in [0.25, 0.3) is 5.69 Å². The molecule has 0 bridgehead atoms. The average Bonchev–Trinajstić information content (AvgIpc) is 3.07. The summed E-state index contributed by atoms with van der Waals surface area (Å²) in [6.07, 6.45) is 5.51. The minimum atomic E-state index is -0.382. The Labute approximate surface area is 143 Å². The Balaban J connectivity index is 1.88. The van der Waals surface area contributed by atoms with Gasteiger partial charge in [-0.25, -0.2) is 9.37 Å². The number of carbonyl (C=O) groups excluding carboxylic acids is 1. The van der Waals surface area contributed by atoms with Gasteiger partial charge >= 0.3 is 0 Å². The number of hydrogen-bond acceptors (Lipinski definition) is 3. The molecule has 0 saturated carbocycles. The summed E-state index contributed by atoms with van der Waals surface area (Å²) in [7, 11) is 0. The van der Waals surface area contributed by atoms with Crippen molar-refractivity contribution in [2.75, 3.05) is 11.6 Å². The summed E-state index contributed by atoms with van der Waals surface area (Å²) < 4.78 is 15.3. The molecule has 122 valence electrons. The lowest BCUT2D eigenvalue weighted by molar-refractivity contribution is 0.102. The second kappa shape index (κ2) is 6.88. The summed E-state index contributed by atoms with van der Waals surface area (Å²) in [5.74, 6) is -0.663. The first-order valence-electron chi connectivity index (χ1n) is 7.34. The number of thioether (sulfide) groups is 1. The van der Waals surface area contributed by atoms with Gasteiger partial charge < -0.3 is 5.32 Å². The van der Waals surface area contributed by atoms with Crippen LogP contribution in [0, 0.1) is 12.7 Å². The number of aryl methyl sites for hydroxylation is 1. The Bertz CT molecular complexity index is 891. The highest BCUT2D eigenvalue weighted by Crippen LogP contribution is 2.21. The monoisotopic (exact) mass is 341 g/mol. The number of anilines is 1. The lowest BCUT2D eigenvalue weighted by Gasteiger charge is -2.11. The van der Waals surface area contributed by atoms with Crippen LogP contribution in [0.4, 0.5) is 10.1 Å². The fourth-order valence-corrected chi connectivity index (χ4v) is 2.89. The molecule has 0 aliphatic heterocycles. The first kappa shape index (κ1) is 16.3. The van der Waals surface area contributed by atoms with Crippen molar-refractivity contribution >= 4 is 23.4 Å². The number of rotatable bonds is 4. The van der Waals surface area contributed by atoms with Gasteiger partial charge in [0.2, 0.25) is 0 Å². The molecule has 0 radical (unpaired) electrons.